The van der Waals surface area contributed by atoms with Crippen LogP contribution in [0.3, 0.4) is 0 Å². The molecule has 1 aromatic heterocycles. The van der Waals surface area contributed by atoms with Gasteiger partial charge in [-0.2, -0.15) is 0 Å². The van der Waals surface area contributed by atoms with Crippen LogP contribution in [0.25, 0.3) is 12.2 Å². The molecule has 0 saturated carbocycles. The molecule has 9 nitrogen and oxygen atoms in total. The average Bonchev–Trinajstić information content (AvgIpc) is 3.23. The van der Waals surface area contributed by atoms with Gasteiger partial charge in [0.2, 0.25) is 5.91 Å². The number of carboxylic acids is 1. The van der Waals surface area contributed by atoms with Crippen LogP contribution in [-0.4, -0.2) is 44.4 Å². The Hall–Kier alpha value is -3.11. The minimum atomic E-state index is -0.786. The third kappa shape index (κ3) is 5.08. The van der Waals surface area contributed by atoms with Crippen molar-refractivity contribution in [3.63, 3.8) is 0 Å². The number of nitro groups is 1. The molecule has 1 aliphatic rings. The number of carbonyl (C=O) groups excluding carboxylic acids is 1. The molecule has 1 saturated heterocycles. The topological polar surface area (TPSA) is 126 Å². The minimum Gasteiger partial charge on any atom is -0.481 e. The molecule has 1 amide bonds. The molecule has 2 N–H and O–H groups in total. The molecule has 3 rings (SSSR count). The number of nitro benzene ring substituents is 1. The quantitative estimate of drug-likeness (QED) is 0.509. The molecule has 0 bridgehead atoms. The van der Waals surface area contributed by atoms with Gasteiger partial charge in [-0.3, -0.25) is 24.6 Å². The van der Waals surface area contributed by atoms with Gasteiger partial charge < -0.3 is 10.4 Å². The van der Waals surface area contributed by atoms with Gasteiger partial charge in [0.25, 0.3) is 5.69 Å². The Morgan fingerprint density at radius 1 is 1.37 bits per heavy atom. The first kappa shape index (κ1) is 21.6. The molecular weight excluding hydrogens is 408 g/mol. The van der Waals surface area contributed by atoms with E-state index in [0.29, 0.717) is 30.3 Å². The summed E-state index contributed by atoms with van der Waals surface area (Å²) in [6.07, 6.45) is 4.20. The Balaban J connectivity index is 1.82. The van der Waals surface area contributed by atoms with Gasteiger partial charge in [-0.05, 0) is 43.7 Å². The summed E-state index contributed by atoms with van der Waals surface area (Å²) in [4.78, 5) is 40.6. The van der Waals surface area contributed by atoms with Gasteiger partial charge in [-0.1, -0.05) is 17.4 Å². The van der Waals surface area contributed by atoms with E-state index in [1.807, 2.05) is 6.92 Å². The second-order valence-corrected chi connectivity index (χ2v) is 8.22. The lowest BCUT2D eigenvalue weighted by Gasteiger charge is -2.22. The van der Waals surface area contributed by atoms with E-state index >= 15 is 0 Å². The van der Waals surface area contributed by atoms with Gasteiger partial charge in [0.05, 0.1) is 16.5 Å². The normalized spacial score (nSPS) is 19.3. The SMILES string of the molecule is CC(=O)Nc1nc(C=Cc2ccc([N+](=O)[O-])cc2)c(CN2CC[C@@H](C(=O)O)C2C)s1. The number of aliphatic carboxylic acids is 1. The highest BCUT2D eigenvalue weighted by molar-refractivity contribution is 7.16. The van der Waals surface area contributed by atoms with Gasteiger partial charge >= 0.3 is 5.97 Å². The van der Waals surface area contributed by atoms with Crippen LogP contribution < -0.4 is 5.32 Å². The molecule has 2 heterocycles. The van der Waals surface area contributed by atoms with Crippen LogP contribution in [0.5, 0.6) is 0 Å². The van der Waals surface area contributed by atoms with E-state index in [-0.39, 0.29) is 17.6 Å². The number of benzene rings is 1. The number of aromatic nitrogens is 1. The summed E-state index contributed by atoms with van der Waals surface area (Å²) >= 11 is 1.36. The monoisotopic (exact) mass is 430 g/mol. The van der Waals surface area contributed by atoms with Crippen molar-refractivity contribution in [3.05, 3.63) is 50.5 Å². The summed E-state index contributed by atoms with van der Waals surface area (Å²) in [5.74, 6) is -1.40. The summed E-state index contributed by atoms with van der Waals surface area (Å²) < 4.78 is 0. The van der Waals surface area contributed by atoms with Crippen LogP contribution in [0, 0.1) is 16.0 Å². The number of rotatable bonds is 7. The molecule has 30 heavy (non-hydrogen) atoms. The minimum absolute atomic E-state index is 0.0189. The van der Waals surface area contributed by atoms with Crippen molar-refractivity contribution >= 4 is 46.2 Å². The van der Waals surface area contributed by atoms with Crippen LogP contribution in [0.4, 0.5) is 10.8 Å². The van der Waals surface area contributed by atoms with Gasteiger partial charge in [0.15, 0.2) is 5.13 Å². The first-order valence-electron chi connectivity index (χ1n) is 9.41. The van der Waals surface area contributed by atoms with Crippen LogP contribution in [0.15, 0.2) is 24.3 Å². The molecule has 0 spiro atoms. The summed E-state index contributed by atoms with van der Waals surface area (Å²) in [6.45, 7) is 4.53. The Bertz CT molecular complexity index is 986. The molecule has 10 heteroatoms. The highest BCUT2D eigenvalue weighted by atomic mass is 32.1. The number of anilines is 1. The number of amides is 1. The molecule has 1 aliphatic heterocycles. The number of hydrogen-bond acceptors (Lipinski definition) is 7. The lowest BCUT2D eigenvalue weighted by atomic mass is 10.0. The summed E-state index contributed by atoms with van der Waals surface area (Å²) in [7, 11) is 0. The highest BCUT2D eigenvalue weighted by Gasteiger charge is 2.36. The fourth-order valence-corrected chi connectivity index (χ4v) is 4.46. The van der Waals surface area contributed by atoms with Crippen LogP contribution in [-0.2, 0) is 16.1 Å². The Morgan fingerprint density at radius 2 is 2.07 bits per heavy atom. The predicted molar refractivity (Wildman–Crippen MR) is 114 cm³/mol. The number of hydrogen-bond donors (Lipinski definition) is 2. The first-order chi connectivity index (χ1) is 14.2. The van der Waals surface area contributed by atoms with E-state index < -0.39 is 16.8 Å². The third-order valence-corrected chi connectivity index (χ3v) is 6.07. The number of carbonyl (C=O) groups is 2. The first-order valence-corrected chi connectivity index (χ1v) is 10.2. The summed E-state index contributed by atoms with van der Waals surface area (Å²) in [5, 5.41) is 23.3. The van der Waals surface area contributed by atoms with Crippen LogP contribution in [0.2, 0.25) is 0 Å². The van der Waals surface area contributed by atoms with Crippen molar-refractivity contribution < 1.29 is 19.6 Å². The maximum absolute atomic E-state index is 11.4. The second-order valence-electron chi connectivity index (χ2n) is 7.14. The van der Waals surface area contributed by atoms with Crippen molar-refractivity contribution in [2.45, 2.75) is 32.9 Å². The van der Waals surface area contributed by atoms with E-state index in [1.54, 1.807) is 24.3 Å². The van der Waals surface area contributed by atoms with Gasteiger partial charge in [0, 0.05) is 36.5 Å². The summed E-state index contributed by atoms with van der Waals surface area (Å²) in [5.41, 5.74) is 1.47. The lowest BCUT2D eigenvalue weighted by Crippen LogP contribution is -2.32. The number of nitrogens with zero attached hydrogens (tertiary/aromatic N) is 3. The van der Waals surface area contributed by atoms with Crippen LogP contribution >= 0.6 is 11.3 Å². The number of non-ortho nitro benzene ring substituents is 1. The zero-order valence-corrected chi connectivity index (χ0v) is 17.4. The fourth-order valence-electron chi connectivity index (χ4n) is 3.43. The van der Waals surface area contributed by atoms with Crippen molar-refractivity contribution in [1.29, 1.82) is 0 Å². The van der Waals surface area contributed by atoms with Gasteiger partial charge in [0.1, 0.15) is 0 Å². The molecule has 0 radical (unpaired) electrons. The smallest absolute Gasteiger partial charge is 0.308 e. The number of carboxylic acid groups (broad SMARTS) is 1. The zero-order chi connectivity index (χ0) is 21.8. The second kappa shape index (κ2) is 9.14. The number of thiazole rings is 1. The Labute approximate surface area is 177 Å². The van der Waals surface area contributed by atoms with E-state index in [4.69, 9.17) is 0 Å². The third-order valence-electron chi connectivity index (χ3n) is 5.10. The van der Waals surface area contributed by atoms with Crippen molar-refractivity contribution in [2.75, 3.05) is 11.9 Å². The molecule has 1 aromatic carbocycles. The van der Waals surface area contributed by atoms with Crippen molar-refractivity contribution in [3.8, 4) is 0 Å². The van der Waals surface area contributed by atoms with Crippen molar-refractivity contribution in [1.82, 2.24) is 9.88 Å². The highest BCUT2D eigenvalue weighted by Crippen LogP contribution is 2.31. The Morgan fingerprint density at radius 3 is 2.63 bits per heavy atom. The van der Waals surface area contributed by atoms with Gasteiger partial charge in [-0.25, -0.2) is 4.98 Å². The molecule has 1 fully saturated rings. The maximum Gasteiger partial charge on any atom is 0.308 e. The standard InChI is InChI=1S/C20H22N4O5S/c1-12-16(19(26)27)9-10-23(12)11-18-17(22-20(30-18)21-13(2)25)8-5-14-3-6-15(7-4-14)24(28)29/h3-8,12,16H,9-11H2,1-2H3,(H,26,27)(H,21,22,25)/t12?,16-/m1/s1. The van der Waals surface area contributed by atoms with E-state index in [0.717, 1.165) is 10.4 Å². The molecule has 0 aliphatic carbocycles. The van der Waals surface area contributed by atoms with Crippen LogP contribution in [0.1, 0.15) is 36.4 Å². The van der Waals surface area contributed by atoms with Crippen molar-refractivity contribution in [2.24, 2.45) is 5.92 Å². The number of nitrogens with one attached hydrogen (secondary N) is 1. The predicted octanol–water partition coefficient (Wildman–Crippen LogP) is 3.48. The molecule has 2 aromatic rings. The largest absolute Gasteiger partial charge is 0.481 e. The molecule has 2 atom stereocenters. The summed E-state index contributed by atoms with van der Waals surface area (Å²) in [6, 6.07) is 6.07. The van der Waals surface area contributed by atoms with E-state index in [1.165, 1.54) is 30.4 Å². The van der Waals surface area contributed by atoms with E-state index in [2.05, 4.69) is 15.2 Å². The average molecular weight is 430 g/mol. The zero-order valence-electron chi connectivity index (χ0n) is 16.6. The van der Waals surface area contributed by atoms with Gasteiger partial charge in [-0.15, -0.1) is 0 Å². The fraction of sp³-hybridized carbons (Fsp3) is 0.350. The lowest BCUT2D eigenvalue weighted by molar-refractivity contribution is -0.384. The van der Waals surface area contributed by atoms with E-state index in [9.17, 15) is 24.8 Å². The molecule has 1 unspecified atom stereocenters. The molecular formula is C20H22N4O5S. The number of likely N-dealkylation sites (tertiary alicyclic amines) is 1. The maximum atomic E-state index is 11.4. The Kier molecular flexibility index (Phi) is 6.58. The molecule has 158 valence electrons.